The first-order chi connectivity index (χ1) is 8.09. The highest BCUT2D eigenvalue weighted by atomic mass is 14.9. The first-order valence-electron chi connectivity index (χ1n) is 5.99. The number of nitrogens with one attached hydrogen (secondary N) is 1. The first kappa shape index (κ1) is 11.7. The van der Waals surface area contributed by atoms with E-state index < -0.39 is 0 Å². The molecule has 1 N–H and O–H groups in total. The molecule has 2 aromatic rings. The van der Waals surface area contributed by atoms with Crippen molar-refractivity contribution in [3.8, 4) is 0 Å². The summed E-state index contributed by atoms with van der Waals surface area (Å²) >= 11 is 0. The zero-order valence-corrected chi connectivity index (χ0v) is 11.0. The Morgan fingerprint density at radius 3 is 1.88 bits per heavy atom. The molecule has 0 aliphatic heterocycles. The Bertz CT molecular complexity index is 521. The molecule has 88 valence electrons. The van der Waals surface area contributed by atoms with Gasteiger partial charge in [-0.1, -0.05) is 30.3 Å². The Hall–Kier alpha value is -1.76. The number of benzene rings is 2. The van der Waals surface area contributed by atoms with Crippen molar-refractivity contribution >= 4 is 11.4 Å². The van der Waals surface area contributed by atoms with Crippen LogP contribution >= 0.6 is 0 Å². The smallest absolute Gasteiger partial charge is 0.0443 e. The van der Waals surface area contributed by atoms with Crippen molar-refractivity contribution in [1.82, 2.24) is 0 Å². The van der Waals surface area contributed by atoms with Gasteiger partial charge in [0.2, 0.25) is 0 Å². The fourth-order valence-electron chi connectivity index (χ4n) is 2.03. The molecule has 0 aromatic heterocycles. The third-order valence-corrected chi connectivity index (χ3v) is 3.35. The molecular formula is C16H19N. The van der Waals surface area contributed by atoms with Gasteiger partial charge < -0.3 is 5.32 Å². The summed E-state index contributed by atoms with van der Waals surface area (Å²) in [5.41, 5.74) is 7.62. The maximum absolute atomic E-state index is 3.55. The number of rotatable bonds is 2. The van der Waals surface area contributed by atoms with Crippen LogP contribution in [0, 0.1) is 27.7 Å². The normalized spacial score (nSPS) is 10.4. The Labute approximate surface area is 103 Å². The van der Waals surface area contributed by atoms with Crippen molar-refractivity contribution in [3.05, 3.63) is 58.7 Å². The Morgan fingerprint density at radius 2 is 1.24 bits per heavy atom. The molecular weight excluding hydrogens is 206 g/mol. The summed E-state index contributed by atoms with van der Waals surface area (Å²) in [4.78, 5) is 0. The molecule has 1 nitrogen and oxygen atoms in total. The standard InChI is InChI=1S/C16H19N/c1-11-7-6-10-15(14(11)4)17-16-12(2)8-5-9-13(16)3/h5-10,17H,1-4H3. The molecule has 0 saturated heterocycles. The second-order valence-electron chi connectivity index (χ2n) is 4.64. The second kappa shape index (κ2) is 4.62. The van der Waals surface area contributed by atoms with E-state index in [2.05, 4.69) is 69.4 Å². The van der Waals surface area contributed by atoms with E-state index in [1.165, 1.54) is 33.6 Å². The summed E-state index contributed by atoms with van der Waals surface area (Å²) < 4.78 is 0. The molecule has 0 heterocycles. The maximum atomic E-state index is 3.55. The topological polar surface area (TPSA) is 12.0 Å². The van der Waals surface area contributed by atoms with Crippen molar-refractivity contribution < 1.29 is 0 Å². The van der Waals surface area contributed by atoms with E-state index in [1.807, 2.05) is 0 Å². The number of anilines is 2. The van der Waals surface area contributed by atoms with Gasteiger partial charge in [-0.3, -0.25) is 0 Å². The number of hydrogen-bond donors (Lipinski definition) is 1. The van der Waals surface area contributed by atoms with Crippen molar-refractivity contribution in [2.24, 2.45) is 0 Å². The van der Waals surface area contributed by atoms with E-state index in [-0.39, 0.29) is 0 Å². The van der Waals surface area contributed by atoms with Gasteiger partial charge in [-0.2, -0.15) is 0 Å². The lowest BCUT2D eigenvalue weighted by Gasteiger charge is -2.15. The summed E-state index contributed by atoms with van der Waals surface area (Å²) in [6, 6.07) is 12.7. The monoisotopic (exact) mass is 225 g/mol. The third-order valence-electron chi connectivity index (χ3n) is 3.35. The number of para-hydroxylation sites is 1. The number of aryl methyl sites for hydroxylation is 3. The highest BCUT2D eigenvalue weighted by Crippen LogP contribution is 2.27. The average Bonchev–Trinajstić information content (AvgIpc) is 2.29. The molecule has 0 amide bonds. The van der Waals surface area contributed by atoms with Crippen molar-refractivity contribution in [2.75, 3.05) is 5.32 Å². The van der Waals surface area contributed by atoms with Gasteiger partial charge in [0.25, 0.3) is 0 Å². The molecule has 17 heavy (non-hydrogen) atoms. The molecule has 0 radical (unpaired) electrons. The fourth-order valence-corrected chi connectivity index (χ4v) is 2.03. The van der Waals surface area contributed by atoms with Gasteiger partial charge in [-0.05, 0) is 56.0 Å². The van der Waals surface area contributed by atoms with Crippen molar-refractivity contribution in [1.29, 1.82) is 0 Å². The number of hydrogen-bond acceptors (Lipinski definition) is 1. The molecule has 0 aliphatic carbocycles. The van der Waals surface area contributed by atoms with Crippen LogP contribution in [0.5, 0.6) is 0 Å². The molecule has 2 rings (SSSR count). The van der Waals surface area contributed by atoms with Crippen LogP contribution in [-0.2, 0) is 0 Å². The van der Waals surface area contributed by atoms with Crippen LogP contribution in [0.1, 0.15) is 22.3 Å². The summed E-state index contributed by atoms with van der Waals surface area (Å²) in [5, 5.41) is 3.55. The summed E-state index contributed by atoms with van der Waals surface area (Å²) in [6.07, 6.45) is 0. The molecule has 1 heteroatoms. The molecule has 0 saturated carbocycles. The van der Waals surface area contributed by atoms with Gasteiger partial charge in [0, 0.05) is 11.4 Å². The largest absolute Gasteiger partial charge is 0.355 e. The minimum absolute atomic E-state index is 1.20. The van der Waals surface area contributed by atoms with E-state index in [0.29, 0.717) is 0 Å². The van der Waals surface area contributed by atoms with Crippen LogP contribution < -0.4 is 5.32 Å². The lowest BCUT2D eigenvalue weighted by atomic mass is 10.1. The average molecular weight is 225 g/mol. The van der Waals surface area contributed by atoms with Gasteiger partial charge in [0.15, 0.2) is 0 Å². The summed E-state index contributed by atoms with van der Waals surface area (Å²) in [5.74, 6) is 0. The predicted molar refractivity (Wildman–Crippen MR) is 75.1 cm³/mol. The SMILES string of the molecule is Cc1cccc(Nc2c(C)cccc2C)c1C. The van der Waals surface area contributed by atoms with Gasteiger partial charge in [0.1, 0.15) is 0 Å². The quantitative estimate of drug-likeness (QED) is 0.783. The van der Waals surface area contributed by atoms with Gasteiger partial charge in [-0.15, -0.1) is 0 Å². The molecule has 2 aromatic carbocycles. The Balaban J connectivity index is 2.42. The van der Waals surface area contributed by atoms with Gasteiger partial charge in [-0.25, -0.2) is 0 Å². The maximum Gasteiger partial charge on any atom is 0.0443 e. The highest BCUT2D eigenvalue weighted by Gasteiger charge is 2.05. The Kier molecular flexibility index (Phi) is 3.19. The van der Waals surface area contributed by atoms with Crippen LogP contribution in [0.3, 0.4) is 0 Å². The van der Waals surface area contributed by atoms with Crippen molar-refractivity contribution in [3.63, 3.8) is 0 Å². The van der Waals surface area contributed by atoms with E-state index >= 15 is 0 Å². The van der Waals surface area contributed by atoms with Crippen LogP contribution in [0.4, 0.5) is 11.4 Å². The summed E-state index contributed by atoms with van der Waals surface area (Å²) in [7, 11) is 0. The third kappa shape index (κ3) is 2.33. The molecule has 0 unspecified atom stereocenters. The molecule has 0 aliphatic rings. The zero-order valence-electron chi connectivity index (χ0n) is 11.0. The first-order valence-corrected chi connectivity index (χ1v) is 5.99. The van der Waals surface area contributed by atoms with Gasteiger partial charge in [0.05, 0.1) is 0 Å². The van der Waals surface area contributed by atoms with Crippen molar-refractivity contribution in [2.45, 2.75) is 27.7 Å². The molecule has 0 bridgehead atoms. The molecule has 0 fully saturated rings. The van der Waals surface area contributed by atoms with Crippen LogP contribution in [0.15, 0.2) is 36.4 Å². The Morgan fingerprint density at radius 1 is 0.706 bits per heavy atom. The fraction of sp³-hybridized carbons (Fsp3) is 0.250. The predicted octanol–water partition coefficient (Wildman–Crippen LogP) is 4.66. The van der Waals surface area contributed by atoms with Crippen LogP contribution in [0.2, 0.25) is 0 Å². The lowest BCUT2D eigenvalue weighted by molar-refractivity contribution is 1.30. The minimum Gasteiger partial charge on any atom is -0.355 e. The highest BCUT2D eigenvalue weighted by molar-refractivity contribution is 5.69. The van der Waals surface area contributed by atoms with E-state index in [9.17, 15) is 0 Å². The zero-order chi connectivity index (χ0) is 12.4. The van der Waals surface area contributed by atoms with E-state index in [1.54, 1.807) is 0 Å². The van der Waals surface area contributed by atoms with Gasteiger partial charge >= 0.3 is 0 Å². The minimum atomic E-state index is 1.20. The second-order valence-corrected chi connectivity index (χ2v) is 4.64. The summed E-state index contributed by atoms with van der Waals surface area (Å²) in [6.45, 7) is 8.58. The van der Waals surface area contributed by atoms with E-state index in [4.69, 9.17) is 0 Å². The van der Waals surface area contributed by atoms with Crippen LogP contribution in [0.25, 0.3) is 0 Å². The molecule has 0 spiro atoms. The lowest BCUT2D eigenvalue weighted by Crippen LogP contribution is -1.98. The van der Waals surface area contributed by atoms with Crippen LogP contribution in [-0.4, -0.2) is 0 Å². The molecule has 0 atom stereocenters. The van der Waals surface area contributed by atoms with E-state index in [0.717, 1.165) is 0 Å².